The molecule has 1 aliphatic rings. The molecule has 0 aliphatic heterocycles. The molecule has 0 amide bonds. The van der Waals surface area contributed by atoms with Gasteiger partial charge in [0.2, 0.25) is 5.95 Å². The molecule has 1 aromatic heterocycles. The van der Waals surface area contributed by atoms with Gasteiger partial charge in [0.25, 0.3) is 0 Å². The molecule has 0 saturated heterocycles. The Morgan fingerprint density at radius 1 is 0.969 bits per heavy atom. The van der Waals surface area contributed by atoms with Gasteiger partial charge in [-0.3, -0.25) is 0 Å². The van der Waals surface area contributed by atoms with Gasteiger partial charge in [-0.1, -0.05) is 37.1 Å². The number of alkyl halides is 3. The van der Waals surface area contributed by atoms with Crippen molar-refractivity contribution in [3.8, 4) is 17.0 Å². The molecule has 0 radical (unpaired) electrons. The molecular formula is C23H22F4N4O. The zero-order chi connectivity index (χ0) is 22.6. The molecule has 5 nitrogen and oxygen atoms in total. The fourth-order valence-electron chi connectivity index (χ4n) is 3.65. The van der Waals surface area contributed by atoms with Crippen LogP contribution in [0.2, 0.25) is 0 Å². The van der Waals surface area contributed by atoms with Crippen molar-refractivity contribution < 1.29 is 22.3 Å². The van der Waals surface area contributed by atoms with Crippen molar-refractivity contribution in [2.45, 2.75) is 44.6 Å². The SMILES string of the molecule is Fc1ccc(CNc2cc(-c3cccc(OC(F)(F)F)c3)nc(NC3CCCC3)n2)cc1. The van der Waals surface area contributed by atoms with Crippen molar-refractivity contribution in [3.63, 3.8) is 0 Å². The lowest BCUT2D eigenvalue weighted by atomic mass is 10.1. The van der Waals surface area contributed by atoms with Crippen LogP contribution >= 0.6 is 0 Å². The third-order valence-electron chi connectivity index (χ3n) is 5.16. The van der Waals surface area contributed by atoms with Crippen molar-refractivity contribution in [1.29, 1.82) is 0 Å². The minimum absolute atomic E-state index is 0.259. The molecule has 32 heavy (non-hydrogen) atoms. The molecule has 1 aliphatic carbocycles. The second kappa shape index (κ2) is 9.42. The Hall–Kier alpha value is -3.36. The Bertz CT molecular complexity index is 1050. The van der Waals surface area contributed by atoms with Gasteiger partial charge in [-0.05, 0) is 42.7 Å². The van der Waals surface area contributed by atoms with E-state index in [4.69, 9.17) is 0 Å². The van der Waals surface area contributed by atoms with Crippen molar-refractivity contribution in [2.24, 2.45) is 0 Å². The summed E-state index contributed by atoms with van der Waals surface area (Å²) in [6, 6.07) is 13.7. The molecule has 0 spiro atoms. The molecule has 9 heteroatoms. The molecule has 2 N–H and O–H groups in total. The van der Waals surface area contributed by atoms with E-state index < -0.39 is 6.36 Å². The lowest BCUT2D eigenvalue weighted by molar-refractivity contribution is -0.274. The summed E-state index contributed by atoms with van der Waals surface area (Å²) in [7, 11) is 0. The molecular weight excluding hydrogens is 424 g/mol. The number of ether oxygens (including phenoxy) is 1. The summed E-state index contributed by atoms with van der Waals surface area (Å²) in [5.74, 6) is 0.266. The van der Waals surface area contributed by atoms with Gasteiger partial charge in [-0.25, -0.2) is 9.37 Å². The number of aromatic nitrogens is 2. The highest BCUT2D eigenvalue weighted by molar-refractivity contribution is 5.66. The van der Waals surface area contributed by atoms with Crippen LogP contribution in [0.5, 0.6) is 5.75 Å². The first kappa shape index (κ1) is 21.9. The van der Waals surface area contributed by atoms with E-state index in [0.717, 1.165) is 31.2 Å². The van der Waals surface area contributed by atoms with E-state index in [1.54, 1.807) is 24.3 Å². The van der Waals surface area contributed by atoms with Crippen LogP contribution in [-0.2, 0) is 6.54 Å². The maximum absolute atomic E-state index is 13.1. The lowest BCUT2D eigenvalue weighted by Crippen LogP contribution is -2.18. The van der Waals surface area contributed by atoms with E-state index >= 15 is 0 Å². The summed E-state index contributed by atoms with van der Waals surface area (Å²) in [5.41, 5.74) is 1.78. The molecule has 168 valence electrons. The molecule has 2 aromatic carbocycles. The Morgan fingerprint density at radius 3 is 2.44 bits per heavy atom. The maximum Gasteiger partial charge on any atom is 0.573 e. The summed E-state index contributed by atoms with van der Waals surface area (Å²) >= 11 is 0. The quantitative estimate of drug-likeness (QED) is 0.427. The highest BCUT2D eigenvalue weighted by Gasteiger charge is 2.31. The van der Waals surface area contributed by atoms with Crippen LogP contribution in [0.1, 0.15) is 31.2 Å². The first-order chi connectivity index (χ1) is 15.3. The third-order valence-corrected chi connectivity index (χ3v) is 5.16. The first-order valence-corrected chi connectivity index (χ1v) is 10.3. The van der Waals surface area contributed by atoms with Gasteiger partial charge in [-0.15, -0.1) is 13.2 Å². The summed E-state index contributed by atoms with van der Waals surface area (Å²) in [5, 5.41) is 6.51. The van der Waals surface area contributed by atoms with Gasteiger partial charge in [0, 0.05) is 24.2 Å². The maximum atomic E-state index is 13.1. The molecule has 1 fully saturated rings. The third kappa shape index (κ3) is 6.09. The highest BCUT2D eigenvalue weighted by atomic mass is 19.4. The molecule has 0 atom stereocenters. The fraction of sp³-hybridized carbons (Fsp3) is 0.304. The fourth-order valence-corrected chi connectivity index (χ4v) is 3.65. The normalized spacial score (nSPS) is 14.4. The van der Waals surface area contributed by atoms with E-state index in [1.165, 1.54) is 30.3 Å². The van der Waals surface area contributed by atoms with Gasteiger partial charge in [0.05, 0.1) is 5.69 Å². The minimum Gasteiger partial charge on any atom is -0.406 e. The van der Waals surface area contributed by atoms with Gasteiger partial charge >= 0.3 is 6.36 Å². The Balaban J connectivity index is 1.60. The van der Waals surface area contributed by atoms with Crippen LogP contribution in [0.25, 0.3) is 11.3 Å². The van der Waals surface area contributed by atoms with E-state index in [9.17, 15) is 17.6 Å². The first-order valence-electron chi connectivity index (χ1n) is 10.3. The van der Waals surface area contributed by atoms with Crippen molar-refractivity contribution >= 4 is 11.8 Å². The number of benzene rings is 2. The van der Waals surface area contributed by atoms with E-state index in [1.807, 2.05) is 0 Å². The Morgan fingerprint density at radius 2 is 1.72 bits per heavy atom. The van der Waals surface area contributed by atoms with Crippen LogP contribution in [0, 0.1) is 5.82 Å². The largest absolute Gasteiger partial charge is 0.573 e. The van der Waals surface area contributed by atoms with Gasteiger partial charge in [0.1, 0.15) is 17.4 Å². The zero-order valence-corrected chi connectivity index (χ0v) is 17.1. The average molecular weight is 446 g/mol. The Kier molecular flexibility index (Phi) is 6.43. The predicted molar refractivity (Wildman–Crippen MR) is 114 cm³/mol. The molecule has 4 rings (SSSR count). The number of anilines is 2. The zero-order valence-electron chi connectivity index (χ0n) is 17.1. The number of hydrogen-bond donors (Lipinski definition) is 2. The monoisotopic (exact) mass is 446 g/mol. The highest BCUT2D eigenvalue weighted by Crippen LogP contribution is 2.29. The summed E-state index contributed by atoms with van der Waals surface area (Å²) in [4.78, 5) is 9.04. The smallest absolute Gasteiger partial charge is 0.406 e. The summed E-state index contributed by atoms with van der Waals surface area (Å²) < 4.78 is 55.1. The standard InChI is InChI=1S/C23H22F4N4O/c24-17-10-8-15(9-11-17)14-28-21-13-20(30-22(31-21)29-18-5-1-2-6-18)16-4-3-7-19(12-16)32-23(25,26)27/h3-4,7-13,18H,1-2,5-6,14H2,(H2,28,29,30,31). The van der Waals surface area contributed by atoms with Crippen molar-refractivity contribution in [3.05, 3.63) is 66.0 Å². The molecule has 3 aromatic rings. The van der Waals surface area contributed by atoms with Crippen molar-refractivity contribution in [2.75, 3.05) is 10.6 Å². The molecule has 0 bridgehead atoms. The number of nitrogens with zero attached hydrogens (tertiary/aromatic N) is 2. The van der Waals surface area contributed by atoms with E-state index in [2.05, 4.69) is 25.3 Å². The van der Waals surface area contributed by atoms with Crippen LogP contribution in [0.15, 0.2) is 54.6 Å². The lowest BCUT2D eigenvalue weighted by Gasteiger charge is -2.15. The summed E-state index contributed by atoms with van der Waals surface area (Å²) in [6.45, 7) is 0.400. The van der Waals surface area contributed by atoms with Crippen LogP contribution in [0.4, 0.5) is 29.3 Å². The molecule has 1 heterocycles. The number of halogens is 4. The van der Waals surface area contributed by atoms with E-state index in [0.29, 0.717) is 29.6 Å². The number of hydrogen-bond acceptors (Lipinski definition) is 5. The van der Waals surface area contributed by atoms with E-state index in [-0.39, 0.29) is 17.6 Å². The van der Waals surface area contributed by atoms with Crippen molar-refractivity contribution in [1.82, 2.24) is 9.97 Å². The Labute approximate surface area is 182 Å². The number of rotatable bonds is 7. The topological polar surface area (TPSA) is 59.1 Å². The number of nitrogens with one attached hydrogen (secondary N) is 2. The van der Waals surface area contributed by atoms with Gasteiger partial charge in [-0.2, -0.15) is 4.98 Å². The van der Waals surface area contributed by atoms with Gasteiger partial charge < -0.3 is 15.4 Å². The predicted octanol–water partition coefficient (Wildman–Crippen LogP) is 6.15. The van der Waals surface area contributed by atoms with Crippen LogP contribution in [0.3, 0.4) is 0 Å². The minimum atomic E-state index is -4.78. The molecule has 0 unspecified atom stereocenters. The van der Waals surface area contributed by atoms with Gasteiger partial charge in [0.15, 0.2) is 0 Å². The second-order valence-electron chi connectivity index (χ2n) is 7.64. The average Bonchev–Trinajstić information content (AvgIpc) is 3.25. The van der Waals surface area contributed by atoms with Crippen LogP contribution < -0.4 is 15.4 Å². The second-order valence-corrected chi connectivity index (χ2v) is 7.64. The molecule has 1 saturated carbocycles. The van der Waals surface area contributed by atoms with Crippen LogP contribution in [-0.4, -0.2) is 22.4 Å². The summed E-state index contributed by atoms with van der Waals surface area (Å²) in [6.07, 6.45) is -0.489.